The van der Waals surface area contributed by atoms with Gasteiger partial charge in [-0.25, -0.2) is 0 Å². The highest BCUT2D eigenvalue weighted by atomic mass is 19.4. The second-order valence-electron chi connectivity index (χ2n) is 4.77. The maximum absolute atomic E-state index is 13.1. The van der Waals surface area contributed by atoms with E-state index in [2.05, 4.69) is 5.10 Å². The molecule has 3 nitrogen and oxygen atoms in total. The Kier molecular flexibility index (Phi) is 4.95. The Balaban J connectivity index is 2.92. The Morgan fingerprint density at radius 1 is 0.773 bits per heavy atom. The van der Waals surface area contributed by atoms with Crippen molar-refractivity contribution in [3.8, 4) is 0 Å². The molecule has 0 aromatic carbocycles. The number of likely N-dealkylation sites (N-methyl/N-ethyl adjacent to an activating group) is 1. The fraction of sp³-hybridized carbons (Fsp3) is 0.900. The summed E-state index contributed by atoms with van der Waals surface area (Å²) in [6, 6.07) is 0. The SMILES string of the molecule is CN1CCN(/N=C/C(F)(F)C(F)(F)C(F)(F)C(F)(F)F)CC1. The van der Waals surface area contributed by atoms with Crippen LogP contribution in [0.25, 0.3) is 0 Å². The number of hydrazone groups is 1. The van der Waals surface area contributed by atoms with Crippen molar-refractivity contribution >= 4 is 6.21 Å². The Morgan fingerprint density at radius 2 is 1.23 bits per heavy atom. The predicted molar refractivity (Wildman–Crippen MR) is 58.5 cm³/mol. The summed E-state index contributed by atoms with van der Waals surface area (Å²) < 4.78 is 113. The first-order valence-electron chi connectivity index (χ1n) is 5.91. The second-order valence-corrected chi connectivity index (χ2v) is 4.77. The highest BCUT2D eigenvalue weighted by Crippen LogP contribution is 2.52. The van der Waals surface area contributed by atoms with E-state index in [1.165, 1.54) is 0 Å². The molecule has 0 saturated carbocycles. The van der Waals surface area contributed by atoms with Crippen LogP contribution in [-0.4, -0.2) is 73.3 Å². The molecule has 1 saturated heterocycles. The van der Waals surface area contributed by atoms with Crippen LogP contribution >= 0.6 is 0 Å². The van der Waals surface area contributed by atoms with Crippen molar-refractivity contribution in [3.63, 3.8) is 0 Å². The molecule has 1 aliphatic heterocycles. The Bertz CT molecular complexity index is 410. The van der Waals surface area contributed by atoms with E-state index in [-0.39, 0.29) is 13.1 Å². The van der Waals surface area contributed by atoms with Crippen LogP contribution in [0, 0.1) is 0 Å². The molecule has 1 aliphatic rings. The molecular weight excluding hydrogens is 333 g/mol. The van der Waals surface area contributed by atoms with Crippen LogP contribution in [0.2, 0.25) is 0 Å². The fourth-order valence-corrected chi connectivity index (χ4v) is 1.53. The molecular formula is C10H12F9N3. The van der Waals surface area contributed by atoms with Gasteiger partial charge in [-0.05, 0) is 7.05 Å². The molecule has 1 fully saturated rings. The second kappa shape index (κ2) is 5.78. The molecule has 0 spiro atoms. The lowest BCUT2D eigenvalue weighted by molar-refractivity contribution is -0.384. The van der Waals surface area contributed by atoms with Crippen molar-refractivity contribution in [2.45, 2.75) is 23.9 Å². The minimum absolute atomic E-state index is 0.0459. The van der Waals surface area contributed by atoms with Gasteiger partial charge in [0.25, 0.3) is 0 Å². The lowest BCUT2D eigenvalue weighted by atomic mass is 10.1. The molecule has 0 amide bonds. The third kappa shape index (κ3) is 3.41. The average Bonchev–Trinajstić information content (AvgIpc) is 2.36. The van der Waals surface area contributed by atoms with E-state index in [0.717, 1.165) is 5.01 Å². The maximum Gasteiger partial charge on any atom is 0.460 e. The monoisotopic (exact) mass is 345 g/mol. The Labute approximate surface area is 119 Å². The number of nitrogens with zero attached hydrogens (tertiary/aromatic N) is 3. The molecule has 0 atom stereocenters. The van der Waals surface area contributed by atoms with Crippen LogP contribution in [0.5, 0.6) is 0 Å². The van der Waals surface area contributed by atoms with Crippen LogP contribution in [0.15, 0.2) is 5.10 Å². The van der Waals surface area contributed by atoms with Crippen molar-refractivity contribution < 1.29 is 39.5 Å². The topological polar surface area (TPSA) is 18.8 Å². The van der Waals surface area contributed by atoms with Gasteiger partial charge in [-0.2, -0.15) is 44.6 Å². The molecule has 12 heteroatoms. The highest BCUT2D eigenvalue weighted by molar-refractivity contribution is 5.68. The number of hydrogen-bond donors (Lipinski definition) is 0. The van der Waals surface area contributed by atoms with Gasteiger partial charge in [0.1, 0.15) is 6.21 Å². The molecule has 0 unspecified atom stereocenters. The maximum atomic E-state index is 13.1. The van der Waals surface area contributed by atoms with Crippen molar-refractivity contribution in [2.24, 2.45) is 5.10 Å². The van der Waals surface area contributed by atoms with Crippen LogP contribution in [0.4, 0.5) is 39.5 Å². The van der Waals surface area contributed by atoms with E-state index in [1.807, 2.05) is 0 Å². The van der Waals surface area contributed by atoms with Crippen LogP contribution < -0.4 is 0 Å². The van der Waals surface area contributed by atoms with Gasteiger partial charge in [0.05, 0.1) is 0 Å². The van der Waals surface area contributed by atoms with E-state index in [1.54, 1.807) is 11.9 Å². The van der Waals surface area contributed by atoms with Gasteiger partial charge in [0.15, 0.2) is 0 Å². The summed E-state index contributed by atoms with van der Waals surface area (Å²) in [6.45, 7) is 0.782. The van der Waals surface area contributed by atoms with Crippen molar-refractivity contribution in [3.05, 3.63) is 0 Å². The summed E-state index contributed by atoms with van der Waals surface area (Å²) in [5.41, 5.74) is 0. The zero-order valence-electron chi connectivity index (χ0n) is 11.1. The zero-order chi connectivity index (χ0) is 17.4. The molecule has 22 heavy (non-hydrogen) atoms. The number of hydrogen-bond acceptors (Lipinski definition) is 3. The van der Waals surface area contributed by atoms with Gasteiger partial charge < -0.3 is 4.90 Å². The third-order valence-electron chi connectivity index (χ3n) is 3.03. The summed E-state index contributed by atoms with van der Waals surface area (Å²) in [4.78, 5) is 1.76. The summed E-state index contributed by atoms with van der Waals surface area (Å²) in [5, 5.41) is 3.79. The fourth-order valence-electron chi connectivity index (χ4n) is 1.53. The average molecular weight is 345 g/mol. The predicted octanol–water partition coefficient (Wildman–Crippen LogP) is 2.69. The smallest absolute Gasteiger partial charge is 0.303 e. The molecule has 0 N–H and O–H groups in total. The van der Waals surface area contributed by atoms with E-state index in [9.17, 15) is 39.5 Å². The molecule has 0 aliphatic carbocycles. The number of alkyl halides is 9. The van der Waals surface area contributed by atoms with Crippen LogP contribution in [-0.2, 0) is 0 Å². The molecule has 0 aromatic rings. The molecule has 130 valence electrons. The lowest BCUT2D eigenvalue weighted by Crippen LogP contribution is -2.61. The van der Waals surface area contributed by atoms with Gasteiger partial charge in [0.2, 0.25) is 0 Å². The van der Waals surface area contributed by atoms with E-state index in [4.69, 9.17) is 0 Å². The van der Waals surface area contributed by atoms with Crippen molar-refractivity contribution in [2.75, 3.05) is 33.2 Å². The van der Waals surface area contributed by atoms with Gasteiger partial charge >= 0.3 is 23.9 Å². The minimum Gasteiger partial charge on any atom is -0.303 e. The Morgan fingerprint density at radius 3 is 1.64 bits per heavy atom. The van der Waals surface area contributed by atoms with Gasteiger partial charge in [-0.3, -0.25) is 5.01 Å². The van der Waals surface area contributed by atoms with Crippen LogP contribution in [0.3, 0.4) is 0 Å². The standard InChI is InChI=1S/C10H12F9N3/c1-21-2-4-22(5-3-21)20-6-7(11,12)8(13,14)9(15,16)10(17,18)19/h6H,2-5H2,1H3/b20-6+. The van der Waals surface area contributed by atoms with E-state index in [0.29, 0.717) is 13.1 Å². The quantitative estimate of drug-likeness (QED) is 0.576. The Hall–Kier alpha value is -1.20. The summed E-state index contributed by atoms with van der Waals surface area (Å²) in [5.74, 6) is -19.3. The largest absolute Gasteiger partial charge is 0.460 e. The molecule has 1 heterocycles. The first-order chi connectivity index (χ1) is 9.72. The van der Waals surface area contributed by atoms with Gasteiger partial charge in [-0.15, -0.1) is 0 Å². The van der Waals surface area contributed by atoms with Crippen molar-refractivity contribution in [1.82, 2.24) is 9.91 Å². The highest BCUT2D eigenvalue weighted by Gasteiger charge is 2.81. The summed E-state index contributed by atoms with van der Waals surface area (Å²) in [7, 11) is 1.69. The molecule has 0 aromatic heterocycles. The number of piperazine rings is 1. The lowest BCUT2D eigenvalue weighted by Gasteiger charge is -2.33. The summed E-state index contributed by atoms with van der Waals surface area (Å²) in [6.07, 6.45) is -7.68. The third-order valence-corrected chi connectivity index (χ3v) is 3.03. The number of halogens is 9. The summed E-state index contributed by atoms with van der Waals surface area (Å²) >= 11 is 0. The normalized spacial score (nSPS) is 20.0. The van der Waals surface area contributed by atoms with E-state index < -0.39 is 30.2 Å². The van der Waals surface area contributed by atoms with Gasteiger partial charge in [0, 0.05) is 26.2 Å². The van der Waals surface area contributed by atoms with Gasteiger partial charge in [-0.1, -0.05) is 0 Å². The minimum atomic E-state index is -6.89. The number of rotatable bonds is 4. The zero-order valence-corrected chi connectivity index (χ0v) is 11.1. The van der Waals surface area contributed by atoms with Crippen LogP contribution in [0.1, 0.15) is 0 Å². The van der Waals surface area contributed by atoms with E-state index >= 15 is 0 Å². The molecule has 1 rings (SSSR count). The first-order valence-corrected chi connectivity index (χ1v) is 5.91. The molecule has 0 bridgehead atoms. The first kappa shape index (κ1) is 18.8. The molecule has 0 radical (unpaired) electrons. The van der Waals surface area contributed by atoms with Crippen molar-refractivity contribution in [1.29, 1.82) is 0 Å².